The lowest BCUT2D eigenvalue weighted by molar-refractivity contribution is -0.130. The first kappa shape index (κ1) is 15.6. The fourth-order valence-corrected chi connectivity index (χ4v) is 2.13. The van der Waals surface area contributed by atoms with E-state index in [1.807, 2.05) is 24.5 Å². The molecule has 1 aliphatic rings. The van der Waals surface area contributed by atoms with E-state index in [0.717, 1.165) is 11.8 Å². The van der Waals surface area contributed by atoms with Gasteiger partial charge in [-0.3, -0.25) is 14.5 Å². The molecule has 8 nitrogen and oxygen atoms in total. The normalized spacial score (nSPS) is 18.5. The van der Waals surface area contributed by atoms with Crippen LogP contribution < -0.4 is 21.4 Å². The SMILES string of the molecule is Cc1ccc(N2C(=O)[C@H](/C=N/NC(N)=O)C(=O)NC2=S)cc1. The van der Waals surface area contributed by atoms with Crippen molar-refractivity contribution in [1.82, 2.24) is 10.7 Å². The molecular weight excluding hydrogens is 306 g/mol. The van der Waals surface area contributed by atoms with Crippen LogP contribution in [0.3, 0.4) is 0 Å². The van der Waals surface area contributed by atoms with E-state index in [0.29, 0.717) is 5.69 Å². The predicted octanol–water partition coefficient (Wildman–Crippen LogP) is 0.0130. The summed E-state index contributed by atoms with van der Waals surface area (Å²) in [7, 11) is 0. The molecule has 9 heteroatoms. The minimum Gasteiger partial charge on any atom is -0.350 e. The number of carbonyl (C=O) groups is 3. The van der Waals surface area contributed by atoms with Crippen LogP contribution in [0.1, 0.15) is 5.56 Å². The molecule has 0 bridgehead atoms. The van der Waals surface area contributed by atoms with Gasteiger partial charge in [-0.25, -0.2) is 10.2 Å². The van der Waals surface area contributed by atoms with Gasteiger partial charge in [0.25, 0.3) is 5.91 Å². The molecule has 1 aromatic rings. The maximum atomic E-state index is 12.4. The van der Waals surface area contributed by atoms with Gasteiger partial charge in [0.05, 0.1) is 5.69 Å². The Morgan fingerprint density at radius 3 is 2.64 bits per heavy atom. The number of anilines is 1. The largest absolute Gasteiger partial charge is 0.350 e. The van der Waals surface area contributed by atoms with Gasteiger partial charge in [0, 0.05) is 6.21 Å². The molecule has 114 valence electrons. The number of aryl methyl sites for hydroxylation is 1. The van der Waals surface area contributed by atoms with Crippen molar-refractivity contribution in [1.29, 1.82) is 0 Å². The van der Waals surface area contributed by atoms with Crippen LogP contribution in [0, 0.1) is 12.8 Å². The third kappa shape index (κ3) is 3.26. The summed E-state index contributed by atoms with van der Waals surface area (Å²) in [4.78, 5) is 36.1. The lowest BCUT2D eigenvalue weighted by Gasteiger charge is -2.30. The van der Waals surface area contributed by atoms with E-state index < -0.39 is 23.8 Å². The maximum Gasteiger partial charge on any atom is 0.332 e. The van der Waals surface area contributed by atoms with Crippen molar-refractivity contribution < 1.29 is 14.4 Å². The van der Waals surface area contributed by atoms with Crippen molar-refractivity contribution in [2.45, 2.75) is 6.92 Å². The second kappa shape index (κ2) is 6.31. The van der Waals surface area contributed by atoms with Crippen LogP contribution in [0.5, 0.6) is 0 Å². The number of amides is 4. The molecule has 1 fully saturated rings. The molecule has 4 amide bonds. The molecule has 1 aliphatic heterocycles. The number of hydrazone groups is 1. The molecule has 2 rings (SSSR count). The van der Waals surface area contributed by atoms with E-state index in [2.05, 4.69) is 10.4 Å². The van der Waals surface area contributed by atoms with Crippen LogP contribution in [0.4, 0.5) is 10.5 Å². The number of nitrogens with zero attached hydrogens (tertiary/aromatic N) is 2. The van der Waals surface area contributed by atoms with Crippen LogP contribution in [0.25, 0.3) is 0 Å². The number of hydrogen-bond donors (Lipinski definition) is 3. The average Bonchev–Trinajstić information content (AvgIpc) is 2.44. The summed E-state index contributed by atoms with van der Waals surface area (Å²) in [6.45, 7) is 1.91. The molecule has 1 heterocycles. The number of benzene rings is 1. The molecule has 0 unspecified atom stereocenters. The molecule has 1 aromatic carbocycles. The Morgan fingerprint density at radius 1 is 1.41 bits per heavy atom. The van der Waals surface area contributed by atoms with E-state index >= 15 is 0 Å². The lowest BCUT2D eigenvalue weighted by atomic mass is 10.1. The molecule has 4 N–H and O–H groups in total. The summed E-state index contributed by atoms with van der Waals surface area (Å²) in [5.74, 6) is -2.39. The molecule has 0 aromatic heterocycles. The molecule has 0 aliphatic carbocycles. The van der Waals surface area contributed by atoms with Crippen LogP contribution >= 0.6 is 12.2 Å². The third-order valence-corrected chi connectivity index (χ3v) is 3.18. The van der Waals surface area contributed by atoms with Crippen molar-refractivity contribution in [3.8, 4) is 0 Å². The van der Waals surface area contributed by atoms with Crippen molar-refractivity contribution in [2.24, 2.45) is 16.8 Å². The highest BCUT2D eigenvalue weighted by Crippen LogP contribution is 2.20. The highest BCUT2D eigenvalue weighted by atomic mass is 32.1. The standard InChI is InChI=1S/C13H13N5O3S/c1-7-2-4-8(5-3-7)18-11(20)9(6-15-17-12(14)21)10(19)16-13(18)22/h2-6,9H,1H3,(H3,14,17,21)(H,16,19,22)/b15-6+/t9-/m1/s1. The molecule has 1 atom stereocenters. The molecule has 0 radical (unpaired) electrons. The van der Waals surface area contributed by atoms with Crippen molar-refractivity contribution in [3.05, 3.63) is 29.8 Å². The number of hydrogen-bond acceptors (Lipinski definition) is 5. The smallest absolute Gasteiger partial charge is 0.332 e. The Balaban J connectivity index is 2.27. The van der Waals surface area contributed by atoms with Gasteiger partial charge in [0.1, 0.15) is 0 Å². The highest BCUT2D eigenvalue weighted by molar-refractivity contribution is 7.80. The number of nitrogens with one attached hydrogen (secondary N) is 2. The zero-order chi connectivity index (χ0) is 16.3. The summed E-state index contributed by atoms with van der Waals surface area (Å²) in [5.41, 5.74) is 8.33. The second-order valence-electron chi connectivity index (χ2n) is 4.54. The summed E-state index contributed by atoms with van der Waals surface area (Å²) in [5, 5.41) is 5.88. The molecule has 0 saturated carbocycles. The van der Waals surface area contributed by atoms with Gasteiger partial charge >= 0.3 is 6.03 Å². The highest BCUT2D eigenvalue weighted by Gasteiger charge is 2.38. The molecular formula is C13H13N5O3S. The fourth-order valence-electron chi connectivity index (χ4n) is 1.84. The van der Waals surface area contributed by atoms with E-state index in [9.17, 15) is 14.4 Å². The summed E-state index contributed by atoms with van der Waals surface area (Å²) in [6, 6.07) is 6.17. The van der Waals surface area contributed by atoms with E-state index in [-0.39, 0.29) is 5.11 Å². The minimum absolute atomic E-state index is 0.00800. The Morgan fingerprint density at radius 2 is 2.05 bits per heavy atom. The molecule has 1 saturated heterocycles. The van der Waals surface area contributed by atoms with Gasteiger partial charge < -0.3 is 11.1 Å². The summed E-state index contributed by atoms with van der Waals surface area (Å²) in [6.07, 6.45) is 1.01. The van der Waals surface area contributed by atoms with Gasteiger partial charge in [-0.05, 0) is 31.3 Å². The Bertz CT molecular complexity index is 671. The lowest BCUT2D eigenvalue weighted by Crippen LogP contribution is -2.58. The van der Waals surface area contributed by atoms with Crippen LogP contribution in [0.2, 0.25) is 0 Å². The van der Waals surface area contributed by atoms with Gasteiger partial charge in [0.2, 0.25) is 5.91 Å². The Hall–Kier alpha value is -2.81. The Kier molecular flexibility index (Phi) is 4.47. The van der Waals surface area contributed by atoms with Crippen molar-refractivity contribution >= 4 is 47.1 Å². The predicted molar refractivity (Wildman–Crippen MR) is 84.1 cm³/mol. The topological polar surface area (TPSA) is 117 Å². The van der Waals surface area contributed by atoms with Crippen LogP contribution in [0.15, 0.2) is 29.4 Å². The maximum absolute atomic E-state index is 12.4. The van der Waals surface area contributed by atoms with Gasteiger partial charge in [-0.2, -0.15) is 5.10 Å². The number of nitrogens with two attached hydrogens (primary N) is 1. The first-order valence-electron chi connectivity index (χ1n) is 6.24. The Labute approximate surface area is 131 Å². The van der Waals surface area contributed by atoms with Crippen molar-refractivity contribution in [2.75, 3.05) is 4.90 Å². The fraction of sp³-hybridized carbons (Fsp3) is 0.154. The van der Waals surface area contributed by atoms with Gasteiger partial charge in [-0.15, -0.1) is 0 Å². The second-order valence-corrected chi connectivity index (χ2v) is 4.92. The zero-order valence-electron chi connectivity index (χ0n) is 11.6. The minimum atomic E-state index is -1.21. The first-order valence-corrected chi connectivity index (χ1v) is 6.65. The van der Waals surface area contributed by atoms with Gasteiger partial charge in [-0.1, -0.05) is 17.7 Å². The number of carbonyl (C=O) groups excluding carboxylic acids is 3. The quantitative estimate of drug-likeness (QED) is 0.315. The first-order chi connectivity index (χ1) is 10.4. The number of thiocarbonyl (C=S) groups is 1. The van der Waals surface area contributed by atoms with Crippen LogP contribution in [-0.2, 0) is 9.59 Å². The molecule has 0 spiro atoms. The van der Waals surface area contributed by atoms with E-state index in [4.69, 9.17) is 18.0 Å². The summed E-state index contributed by atoms with van der Waals surface area (Å²) >= 11 is 5.04. The zero-order valence-corrected chi connectivity index (χ0v) is 12.4. The number of rotatable bonds is 3. The monoisotopic (exact) mass is 319 g/mol. The van der Waals surface area contributed by atoms with Gasteiger partial charge in [0.15, 0.2) is 11.0 Å². The average molecular weight is 319 g/mol. The third-order valence-electron chi connectivity index (χ3n) is 2.89. The summed E-state index contributed by atoms with van der Waals surface area (Å²) < 4.78 is 0. The van der Waals surface area contributed by atoms with E-state index in [1.165, 1.54) is 4.90 Å². The van der Waals surface area contributed by atoms with E-state index in [1.54, 1.807) is 12.1 Å². The van der Waals surface area contributed by atoms with Crippen molar-refractivity contribution in [3.63, 3.8) is 0 Å². The number of urea groups is 1. The molecule has 22 heavy (non-hydrogen) atoms. The number of primary amides is 1. The van der Waals surface area contributed by atoms with Crippen LogP contribution in [-0.4, -0.2) is 29.2 Å².